The molecule has 9 heteroatoms. The standard InChI is InChI=1S/C18H17Cl2NO5S/c1-11(21-27(24,25)14-8-9-15(19)16(20)10-14)18(23)26-12(2)17(22)13-6-4-3-5-7-13/h3-12,21H,1-2H3/t11-,12?/m0/s1. The van der Waals surface area contributed by atoms with Gasteiger partial charge in [-0.3, -0.25) is 9.59 Å². The number of nitrogens with one attached hydrogen (secondary N) is 1. The fraction of sp³-hybridized carbons (Fsp3) is 0.222. The molecule has 0 heterocycles. The summed E-state index contributed by atoms with van der Waals surface area (Å²) in [4.78, 5) is 24.3. The van der Waals surface area contributed by atoms with Gasteiger partial charge in [0.25, 0.3) is 0 Å². The van der Waals surface area contributed by atoms with Crippen molar-refractivity contribution in [1.29, 1.82) is 0 Å². The number of hydrogen-bond donors (Lipinski definition) is 1. The molecule has 0 fully saturated rings. The summed E-state index contributed by atoms with van der Waals surface area (Å²) in [5, 5.41) is 0.271. The maximum Gasteiger partial charge on any atom is 0.324 e. The first kappa shape index (κ1) is 21.4. The lowest BCUT2D eigenvalue weighted by Gasteiger charge is -2.17. The highest BCUT2D eigenvalue weighted by atomic mass is 35.5. The SMILES string of the molecule is CC(OC(=O)[C@H](C)NS(=O)(=O)c1ccc(Cl)c(Cl)c1)C(=O)c1ccccc1. The van der Waals surface area contributed by atoms with Crippen LogP contribution in [0.25, 0.3) is 0 Å². The molecular formula is C18H17Cl2NO5S. The van der Waals surface area contributed by atoms with E-state index in [4.69, 9.17) is 27.9 Å². The predicted molar refractivity (Wildman–Crippen MR) is 103 cm³/mol. The predicted octanol–water partition coefficient (Wildman–Crippen LogP) is 3.47. The Morgan fingerprint density at radius 1 is 1.00 bits per heavy atom. The lowest BCUT2D eigenvalue weighted by Crippen LogP contribution is -2.41. The van der Waals surface area contributed by atoms with Crippen molar-refractivity contribution in [2.24, 2.45) is 0 Å². The summed E-state index contributed by atoms with van der Waals surface area (Å²) in [5.41, 5.74) is 0.391. The van der Waals surface area contributed by atoms with Gasteiger partial charge in [0.1, 0.15) is 6.04 Å². The molecule has 2 atom stereocenters. The third kappa shape index (κ3) is 5.52. The summed E-state index contributed by atoms with van der Waals surface area (Å²) in [6, 6.07) is 10.9. The third-order valence-electron chi connectivity index (χ3n) is 3.61. The minimum Gasteiger partial charge on any atom is -0.453 e. The summed E-state index contributed by atoms with van der Waals surface area (Å²) in [5.74, 6) is -1.26. The third-order valence-corrected chi connectivity index (χ3v) is 5.88. The summed E-state index contributed by atoms with van der Waals surface area (Å²) >= 11 is 11.6. The highest BCUT2D eigenvalue weighted by Crippen LogP contribution is 2.24. The molecule has 0 aromatic heterocycles. The van der Waals surface area contributed by atoms with E-state index in [0.29, 0.717) is 5.56 Å². The van der Waals surface area contributed by atoms with Crippen molar-refractivity contribution in [2.45, 2.75) is 30.9 Å². The molecule has 6 nitrogen and oxygen atoms in total. The Morgan fingerprint density at radius 2 is 1.63 bits per heavy atom. The Labute approximate surface area is 167 Å². The monoisotopic (exact) mass is 429 g/mol. The van der Waals surface area contributed by atoms with Crippen LogP contribution in [-0.2, 0) is 19.6 Å². The van der Waals surface area contributed by atoms with Gasteiger partial charge in [0.05, 0.1) is 14.9 Å². The number of ether oxygens (including phenoxy) is 1. The van der Waals surface area contributed by atoms with Crippen molar-refractivity contribution < 1.29 is 22.7 Å². The Hall–Kier alpha value is -1.93. The summed E-state index contributed by atoms with van der Waals surface area (Å²) in [7, 11) is -4.03. The van der Waals surface area contributed by atoms with E-state index in [2.05, 4.69) is 4.72 Å². The van der Waals surface area contributed by atoms with Gasteiger partial charge < -0.3 is 4.74 Å². The highest BCUT2D eigenvalue weighted by Gasteiger charge is 2.27. The molecule has 2 aromatic rings. The number of esters is 1. The summed E-state index contributed by atoms with van der Waals surface area (Å²) < 4.78 is 32.0. The van der Waals surface area contributed by atoms with Crippen LogP contribution in [0.4, 0.5) is 0 Å². The van der Waals surface area contributed by atoms with Crippen LogP contribution in [0.3, 0.4) is 0 Å². The van der Waals surface area contributed by atoms with E-state index in [-0.39, 0.29) is 20.7 Å². The summed E-state index contributed by atoms with van der Waals surface area (Å²) in [6.07, 6.45) is -1.06. The average molecular weight is 430 g/mol. The van der Waals surface area contributed by atoms with Crippen molar-refractivity contribution in [3.05, 3.63) is 64.1 Å². The van der Waals surface area contributed by atoms with Gasteiger partial charge in [0.2, 0.25) is 15.8 Å². The maximum absolute atomic E-state index is 12.4. The number of rotatable bonds is 7. The van der Waals surface area contributed by atoms with E-state index in [1.807, 2.05) is 0 Å². The number of halogens is 2. The van der Waals surface area contributed by atoms with Gasteiger partial charge in [0, 0.05) is 5.56 Å². The van der Waals surface area contributed by atoms with Crippen LogP contribution in [0.1, 0.15) is 24.2 Å². The molecular weight excluding hydrogens is 413 g/mol. The van der Waals surface area contributed by atoms with Gasteiger partial charge in [-0.1, -0.05) is 53.5 Å². The Morgan fingerprint density at radius 3 is 2.22 bits per heavy atom. The highest BCUT2D eigenvalue weighted by molar-refractivity contribution is 7.89. The topological polar surface area (TPSA) is 89.5 Å². The molecule has 0 bridgehead atoms. The fourth-order valence-electron chi connectivity index (χ4n) is 2.16. The molecule has 0 aliphatic rings. The van der Waals surface area contributed by atoms with Crippen LogP contribution in [0.15, 0.2) is 53.4 Å². The molecule has 2 aromatic carbocycles. The lowest BCUT2D eigenvalue weighted by molar-refractivity contribution is -0.147. The van der Waals surface area contributed by atoms with Gasteiger partial charge in [-0.25, -0.2) is 8.42 Å². The molecule has 0 saturated carbocycles. The Balaban J connectivity index is 2.04. The van der Waals surface area contributed by atoms with Gasteiger partial charge in [-0.15, -0.1) is 0 Å². The van der Waals surface area contributed by atoms with Crippen molar-refractivity contribution in [3.8, 4) is 0 Å². The van der Waals surface area contributed by atoms with Crippen LogP contribution in [-0.4, -0.2) is 32.3 Å². The van der Waals surface area contributed by atoms with Crippen molar-refractivity contribution in [2.75, 3.05) is 0 Å². The zero-order valence-corrected chi connectivity index (χ0v) is 16.8. The Bertz CT molecular complexity index is 947. The number of ketones is 1. The molecule has 144 valence electrons. The second kappa shape index (κ2) is 8.84. The molecule has 1 N–H and O–H groups in total. The van der Waals surface area contributed by atoms with E-state index in [1.54, 1.807) is 30.3 Å². The smallest absolute Gasteiger partial charge is 0.324 e. The largest absolute Gasteiger partial charge is 0.453 e. The molecule has 1 unspecified atom stereocenters. The zero-order valence-electron chi connectivity index (χ0n) is 14.5. The number of hydrogen-bond acceptors (Lipinski definition) is 5. The van der Waals surface area contributed by atoms with E-state index in [9.17, 15) is 18.0 Å². The number of carbonyl (C=O) groups is 2. The zero-order chi connectivity index (χ0) is 20.2. The van der Waals surface area contributed by atoms with E-state index in [0.717, 1.165) is 0 Å². The average Bonchev–Trinajstić information content (AvgIpc) is 2.63. The van der Waals surface area contributed by atoms with Gasteiger partial charge >= 0.3 is 5.97 Å². The minimum atomic E-state index is -4.03. The first-order chi connectivity index (χ1) is 12.6. The molecule has 0 spiro atoms. The molecule has 2 rings (SSSR count). The first-order valence-electron chi connectivity index (χ1n) is 7.89. The van der Waals surface area contributed by atoms with Gasteiger partial charge in [-0.2, -0.15) is 4.72 Å². The molecule has 0 aliphatic heterocycles. The maximum atomic E-state index is 12.4. The Kier molecular flexibility index (Phi) is 7.00. The van der Waals surface area contributed by atoms with Gasteiger partial charge in [0.15, 0.2) is 6.10 Å². The van der Waals surface area contributed by atoms with Crippen LogP contribution >= 0.6 is 23.2 Å². The molecule has 0 saturated heterocycles. The van der Waals surface area contributed by atoms with E-state index in [1.165, 1.54) is 32.0 Å². The summed E-state index contributed by atoms with van der Waals surface area (Å²) in [6.45, 7) is 2.74. The van der Waals surface area contributed by atoms with Crippen LogP contribution < -0.4 is 4.72 Å². The van der Waals surface area contributed by atoms with Crippen molar-refractivity contribution in [3.63, 3.8) is 0 Å². The van der Waals surface area contributed by atoms with Crippen LogP contribution in [0, 0.1) is 0 Å². The molecule has 27 heavy (non-hydrogen) atoms. The van der Waals surface area contributed by atoms with Crippen molar-refractivity contribution in [1.82, 2.24) is 4.72 Å². The first-order valence-corrected chi connectivity index (χ1v) is 10.1. The number of benzene rings is 2. The van der Waals surface area contributed by atoms with Crippen molar-refractivity contribution >= 4 is 45.0 Å². The normalized spacial score (nSPS) is 13.6. The minimum absolute atomic E-state index is 0.0665. The molecule has 0 aliphatic carbocycles. The van der Waals surface area contributed by atoms with Crippen LogP contribution in [0.2, 0.25) is 10.0 Å². The second-order valence-corrected chi connectivity index (χ2v) is 8.26. The number of Topliss-reactive ketones (excluding diaryl/α,β-unsaturated/α-hetero) is 1. The molecule has 0 amide bonds. The number of carbonyl (C=O) groups excluding carboxylic acids is 2. The van der Waals surface area contributed by atoms with Crippen LogP contribution in [0.5, 0.6) is 0 Å². The number of sulfonamides is 1. The fourth-order valence-corrected chi connectivity index (χ4v) is 3.74. The van der Waals surface area contributed by atoms with E-state index >= 15 is 0 Å². The quantitative estimate of drug-likeness (QED) is 0.537. The second-order valence-electron chi connectivity index (χ2n) is 5.73. The molecule has 0 radical (unpaired) electrons. The van der Waals surface area contributed by atoms with E-state index < -0.39 is 28.1 Å². The van der Waals surface area contributed by atoms with Gasteiger partial charge in [-0.05, 0) is 32.0 Å². The lowest BCUT2D eigenvalue weighted by atomic mass is 10.1.